The van der Waals surface area contributed by atoms with E-state index in [4.69, 9.17) is 9.15 Å². The van der Waals surface area contributed by atoms with Crippen molar-refractivity contribution in [2.24, 2.45) is 0 Å². The first-order chi connectivity index (χ1) is 12.8. The van der Waals surface area contributed by atoms with Crippen LogP contribution in [0.4, 0.5) is 6.01 Å². The number of carbonyl (C=O) groups is 1. The number of anilines is 1. The van der Waals surface area contributed by atoms with Crippen molar-refractivity contribution in [3.05, 3.63) is 58.6 Å². The van der Waals surface area contributed by atoms with Crippen LogP contribution >= 0.6 is 11.3 Å². The van der Waals surface area contributed by atoms with E-state index in [9.17, 15) is 4.79 Å². The van der Waals surface area contributed by atoms with E-state index in [0.717, 1.165) is 36.3 Å². The van der Waals surface area contributed by atoms with Gasteiger partial charge in [0.25, 0.3) is 5.89 Å². The average molecular weight is 369 g/mol. The zero-order chi connectivity index (χ0) is 17.8. The molecule has 0 atom stereocenters. The summed E-state index contributed by atoms with van der Waals surface area (Å²) in [4.78, 5) is 14.1. The summed E-state index contributed by atoms with van der Waals surface area (Å²) in [6, 6.07) is 13.5. The Labute approximate surface area is 155 Å². The lowest BCUT2D eigenvalue weighted by molar-refractivity contribution is -0.121. The standard InChI is InChI=1S/C19H19N3O3S/c23-17(19(10-4-5-11-19)15-9-6-12-26-15)20-18-22-21-16(25-18)13-24-14-7-2-1-3-8-14/h1-3,6-9,12H,4-5,10-11,13H2,(H,20,22,23). The third kappa shape index (κ3) is 3.35. The molecule has 6 nitrogen and oxygen atoms in total. The van der Waals surface area contributed by atoms with Crippen LogP contribution in [-0.2, 0) is 16.8 Å². The highest BCUT2D eigenvalue weighted by Gasteiger charge is 2.44. The van der Waals surface area contributed by atoms with Crippen molar-refractivity contribution in [3.8, 4) is 5.75 Å². The number of para-hydroxylation sites is 1. The SMILES string of the molecule is O=C(Nc1nnc(COc2ccccc2)o1)C1(c2cccs2)CCCC1. The van der Waals surface area contributed by atoms with Crippen LogP contribution in [0.15, 0.2) is 52.3 Å². The molecular formula is C19H19N3O3S. The summed E-state index contributed by atoms with van der Waals surface area (Å²) in [5, 5.41) is 12.7. The molecule has 0 saturated heterocycles. The van der Waals surface area contributed by atoms with Crippen molar-refractivity contribution in [1.29, 1.82) is 0 Å². The zero-order valence-corrected chi connectivity index (χ0v) is 15.0. The van der Waals surface area contributed by atoms with Crippen molar-refractivity contribution in [1.82, 2.24) is 10.2 Å². The average Bonchev–Trinajstić information content (AvgIpc) is 3.42. The van der Waals surface area contributed by atoms with Crippen LogP contribution in [0.25, 0.3) is 0 Å². The molecular weight excluding hydrogens is 350 g/mol. The third-order valence-corrected chi connectivity index (χ3v) is 5.75. The number of hydrogen-bond acceptors (Lipinski definition) is 6. The predicted octanol–water partition coefficient (Wildman–Crippen LogP) is 4.16. The third-order valence-electron chi connectivity index (χ3n) is 4.68. The lowest BCUT2D eigenvalue weighted by Gasteiger charge is -2.25. The monoisotopic (exact) mass is 369 g/mol. The molecule has 1 aliphatic rings. The molecule has 1 saturated carbocycles. The quantitative estimate of drug-likeness (QED) is 0.706. The number of nitrogens with zero attached hydrogens (tertiary/aromatic N) is 2. The summed E-state index contributed by atoms with van der Waals surface area (Å²) in [6.07, 6.45) is 3.78. The van der Waals surface area contributed by atoms with Crippen LogP contribution in [0.1, 0.15) is 36.5 Å². The molecule has 0 aliphatic heterocycles. The van der Waals surface area contributed by atoms with Gasteiger partial charge < -0.3 is 9.15 Å². The Morgan fingerprint density at radius 2 is 1.96 bits per heavy atom. The molecule has 0 bridgehead atoms. The molecule has 4 rings (SSSR count). The first-order valence-corrected chi connectivity index (χ1v) is 9.50. The van der Waals surface area contributed by atoms with Crippen LogP contribution in [0.2, 0.25) is 0 Å². The second-order valence-corrected chi connectivity index (χ2v) is 7.27. The fourth-order valence-electron chi connectivity index (χ4n) is 3.36. The fourth-order valence-corrected chi connectivity index (χ4v) is 4.34. The number of hydrogen-bond donors (Lipinski definition) is 1. The number of amides is 1. The van der Waals surface area contributed by atoms with E-state index in [-0.39, 0.29) is 18.5 Å². The highest BCUT2D eigenvalue weighted by atomic mass is 32.1. The minimum absolute atomic E-state index is 0.0726. The Kier molecular flexibility index (Phi) is 4.71. The molecule has 1 aromatic carbocycles. The maximum Gasteiger partial charge on any atom is 0.322 e. The molecule has 134 valence electrons. The van der Waals surface area contributed by atoms with Crippen LogP contribution < -0.4 is 10.1 Å². The largest absolute Gasteiger partial charge is 0.484 e. The summed E-state index contributed by atoms with van der Waals surface area (Å²) in [5.74, 6) is 0.969. The minimum atomic E-state index is -0.483. The van der Waals surface area contributed by atoms with E-state index in [1.807, 2.05) is 47.8 Å². The number of thiophene rings is 1. The van der Waals surface area contributed by atoms with Crippen molar-refractivity contribution in [2.45, 2.75) is 37.7 Å². The van der Waals surface area contributed by atoms with Gasteiger partial charge in [-0.05, 0) is 36.4 Å². The first kappa shape index (κ1) is 16.8. The van der Waals surface area contributed by atoms with E-state index < -0.39 is 5.41 Å². The van der Waals surface area contributed by atoms with Crippen LogP contribution in [0.3, 0.4) is 0 Å². The maximum atomic E-state index is 13.0. The molecule has 1 amide bonds. The van der Waals surface area contributed by atoms with Crippen LogP contribution in [0, 0.1) is 0 Å². The van der Waals surface area contributed by atoms with Gasteiger partial charge in [0.1, 0.15) is 5.75 Å². The Morgan fingerprint density at radius 3 is 2.69 bits per heavy atom. The van der Waals surface area contributed by atoms with Gasteiger partial charge in [-0.3, -0.25) is 10.1 Å². The lowest BCUT2D eigenvalue weighted by Crippen LogP contribution is -2.37. The Morgan fingerprint density at radius 1 is 1.15 bits per heavy atom. The summed E-state index contributed by atoms with van der Waals surface area (Å²) in [6.45, 7) is 0.156. The van der Waals surface area contributed by atoms with Gasteiger partial charge in [0, 0.05) is 4.88 Å². The van der Waals surface area contributed by atoms with Gasteiger partial charge in [-0.15, -0.1) is 16.4 Å². The smallest absolute Gasteiger partial charge is 0.322 e. The topological polar surface area (TPSA) is 77.2 Å². The number of ether oxygens (including phenoxy) is 1. The van der Waals surface area contributed by atoms with Crippen molar-refractivity contribution >= 4 is 23.3 Å². The second kappa shape index (κ2) is 7.29. The molecule has 1 N–H and O–H groups in total. The summed E-state index contributed by atoms with van der Waals surface area (Å²) < 4.78 is 11.1. The Hall–Kier alpha value is -2.67. The predicted molar refractivity (Wildman–Crippen MR) is 98.2 cm³/mol. The minimum Gasteiger partial charge on any atom is -0.484 e. The van der Waals surface area contributed by atoms with Crippen LogP contribution in [-0.4, -0.2) is 16.1 Å². The number of nitrogens with one attached hydrogen (secondary N) is 1. The van der Waals surface area contributed by atoms with E-state index >= 15 is 0 Å². The molecule has 26 heavy (non-hydrogen) atoms. The molecule has 0 radical (unpaired) electrons. The Balaban J connectivity index is 1.42. The molecule has 3 aromatic rings. The molecule has 7 heteroatoms. The van der Waals surface area contributed by atoms with Gasteiger partial charge in [0.2, 0.25) is 5.91 Å². The summed E-state index contributed by atoms with van der Waals surface area (Å²) >= 11 is 1.62. The molecule has 0 spiro atoms. The van der Waals surface area contributed by atoms with Crippen LogP contribution in [0.5, 0.6) is 5.75 Å². The molecule has 2 heterocycles. The van der Waals surface area contributed by atoms with E-state index in [0.29, 0.717) is 5.89 Å². The van der Waals surface area contributed by atoms with E-state index in [1.165, 1.54) is 0 Å². The second-order valence-electron chi connectivity index (χ2n) is 6.32. The molecule has 0 unspecified atom stereocenters. The number of benzene rings is 1. The van der Waals surface area contributed by atoms with Gasteiger partial charge in [0.05, 0.1) is 5.41 Å². The van der Waals surface area contributed by atoms with Crippen molar-refractivity contribution < 1.29 is 13.9 Å². The van der Waals surface area contributed by atoms with Gasteiger partial charge in [-0.2, -0.15) is 0 Å². The summed E-state index contributed by atoms with van der Waals surface area (Å²) in [7, 11) is 0. The van der Waals surface area contributed by atoms with Gasteiger partial charge in [0.15, 0.2) is 6.61 Å². The summed E-state index contributed by atoms with van der Waals surface area (Å²) in [5.41, 5.74) is -0.483. The van der Waals surface area contributed by atoms with Gasteiger partial charge in [-0.25, -0.2) is 0 Å². The van der Waals surface area contributed by atoms with Gasteiger partial charge >= 0.3 is 6.01 Å². The number of rotatable bonds is 6. The zero-order valence-electron chi connectivity index (χ0n) is 14.2. The Bertz CT molecular complexity index is 855. The number of aromatic nitrogens is 2. The highest BCUT2D eigenvalue weighted by Crippen LogP contribution is 2.43. The fraction of sp³-hybridized carbons (Fsp3) is 0.316. The first-order valence-electron chi connectivity index (χ1n) is 8.62. The molecule has 2 aromatic heterocycles. The highest BCUT2D eigenvalue weighted by molar-refractivity contribution is 7.10. The van der Waals surface area contributed by atoms with E-state index in [1.54, 1.807) is 11.3 Å². The van der Waals surface area contributed by atoms with Gasteiger partial charge in [-0.1, -0.05) is 42.2 Å². The van der Waals surface area contributed by atoms with Crippen molar-refractivity contribution in [2.75, 3.05) is 5.32 Å². The molecule has 1 fully saturated rings. The maximum absolute atomic E-state index is 13.0. The van der Waals surface area contributed by atoms with E-state index in [2.05, 4.69) is 15.5 Å². The molecule has 1 aliphatic carbocycles. The number of carbonyl (C=O) groups excluding carboxylic acids is 1. The lowest BCUT2D eigenvalue weighted by atomic mass is 9.83. The van der Waals surface area contributed by atoms with Crippen molar-refractivity contribution in [3.63, 3.8) is 0 Å². The normalized spacial score (nSPS) is 15.7.